The highest BCUT2D eigenvalue weighted by Crippen LogP contribution is 1.84. The number of hydrogen-bond donors (Lipinski definition) is 1. The zero-order valence-corrected chi connectivity index (χ0v) is 4.77. The molecule has 6 heavy (non-hydrogen) atoms. The maximum atomic E-state index is 8.38. The molecule has 0 aromatic heterocycles. The van der Waals surface area contributed by atoms with Crippen molar-refractivity contribution in [1.82, 2.24) is 0 Å². The first kappa shape index (κ1) is 6.00. The van der Waals surface area contributed by atoms with Gasteiger partial charge in [-0.15, -0.1) is 6.42 Å². The summed E-state index contributed by atoms with van der Waals surface area (Å²) >= 11 is 2.98. The van der Waals surface area contributed by atoms with Crippen LogP contribution in [0.25, 0.3) is 0 Å². The fourth-order valence-corrected chi connectivity index (χ4v) is 0.231. The van der Waals surface area contributed by atoms with E-state index in [4.69, 9.17) is 11.5 Å². The summed E-state index contributed by atoms with van der Waals surface area (Å²) in [6.07, 6.45) is 4.13. The molecule has 2 heteroatoms. The Bertz CT molecular complexity index is 64.4. The van der Waals surface area contributed by atoms with Crippen molar-refractivity contribution in [2.75, 3.05) is 5.33 Å². The van der Waals surface area contributed by atoms with Crippen molar-refractivity contribution in [1.29, 1.82) is 0 Å². The first-order chi connectivity index (χ1) is 2.81. The molecular weight excluding hydrogens is 144 g/mol. The summed E-state index contributed by atoms with van der Waals surface area (Å²) in [6, 6.07) is 0. The zero-order chi connectivity index (χ0) is 4.99. The van der Waals surface area contributed by atoms with Gasteiger partial charge in [-0.2, -0.15) is 0 Å². The van der Waals surface area contributed by atoms with E-state index in [9.17, 15) is 0 Å². The fraction of sp³-hybridized carbons (Fsp3) is 0.500. The lowest BCUT2D eigenvalue weighted by molar-refractivity contribution is 0.259. The van der Waals surface area contributed by atoms with Gasteiger partial charge < -0.3 is 5.11 Å². The number of rotatable bonds is 1. The number of aliphatic hydroxyl groups excluding tert-OH is 1. The second-order valence-corrected chi connectivity index (χ2v) is 1.48. The van der Waals surface area contributed by atoms with Crippen LogP contribution in [0, 0.1) is 12.3 Å². The molecule has 0 aromatic rings. The van der Waals surface area contributed by atoms with Crippen LogP contribution in [0.3, 0.4) is 0 Å². The van der Waals surface area contributed by atoms with Crippen LogP contribution >= 0.6 is 15.9 Å². The number of alkyl halides is 1. The summed E-state index contributed by atoms with van der Waals surface area (Å²) in [6.45, 7) is 0. The molecule has 0 radical (unpaired) electrons. The predicted octanol–water partition coefficient (Wildman–Crippen LogP) is 0.375. The van der Waals surface area contributed by atoms with Gasteiger partial charge >= 0.3 is 0 Å². The summed E-state index contributed by atoms with van der Waals surface area (Å²) < 4.78 is 0. The molecule has 1 nitrogen and oxygen atoms in total. The van der Waals surface area contributed by atoms with Crippen molar-refractivity contribution in [3.05, 3.63) is 0 Å². The van der Waals surface area contributed by atoms with Gasteiger partial charge in [0.1, 0.15) is 6.10 Å². The smallest absolute Gasteiger partial charge is 0.124 e. The number of hydrogen-bond acceptors (Lipinski definition) is 1. The van der Waals surface area contributed by atoms with Gasteiger partial charge in [0, 0.05) is 5.33 Å². The normalized spacial score (nSPS) is 12.8. The van der Waals surface area contributed by atoms with Gasteiger partial charge in [0.25, 0.3) is 0 Å². The minimum Gasteiger partial charge on any atom is -0.380 e. The van der Waals surface area contributed by atoms with Gasteiger partial charge in [0.15, 0.2) is 0 Å². The van der Waals surface area contributed by atoms with Crippen molar-refractivity contribution in [3.8, 4) is 12.3 Å². The Labute approximate surface area is 45.5 Å². The quantitative estimate of drug-likeness (QED) is 0.422. The van der Waals surface area contributed by atoms with Crippen LogP contribution in [0.4, 0.5) is 0 Å². The van der Waals surface area contributed by atoms with Gasteiger partial charge in [-0.05, 0) is 0 Å². The maximum Gasteiger partial charge on any atom is 0.124 e. The minimum absolute atomic E-state index is 0.462. The van der Waals surface area contributed by atoms with Gasteiger partial charge in [-0.1, -0.05) is 21.9 Å². The number of halogens is 1. The predicted molar refractivity (Wildman–Crippen MR) is 28.6 cm³/mol. The third-order valence-electron chi connectivity index (χ3n) is 0.339. The fourth-order valence-electron chi connectivity index (χ4n) is 0.0445. The summed E-state index contributed by atoms with van der Waals surface area (Å²) in [5.41, 5.74) is 0. The van der Waals surface area contributed by atoms with Gasteiger partial charge in [-0.25, -0.2) is 0 Å². The highest BCUT2D eigenvalue weighted by molar-refractivity contribution is 9.09. The lowest BCUT2D eigenvalue weighted by atomic mass is 10.4. The molecule has 0 rings (SSSR count). The molecule has 0 aliphatic carbocycles. The lowest BCUT2D eigenvalue weighted by Crippen LogP contribution is -2.01. The van der Waals surface area contributed by atoms with E-state index in [0.29, 0.717) is 5.33 Å². The molecule has 0 spiro atoms. The van der Waals surface area contributed by atoms with E-state index in [1.165, 1.54) is 0 Å². The summed E-state index contributed by atoms with van der Waals surface area (Å²) in [4.78, 5) is 0. The average Bonchev–Trinajstić information content (AvgIpc) is 1.65. The van der Waals surface area contributed by atoms with E-state index in [-0.39, 0.29) is 0 Å². The average molecular weight is 149 g/mol. The Hall–Kier alpha value is 0. The lowest BCUT2D eigenvalue weighted by Gasteiger charge is -1.89. The van der Waals surface area contributed by atoms with E-state index in [1.54, 1.807) is 0 Å². The van der Waals surface area contributed by atoms with Crippen LogP contribution in [0.15, 0.2) is 0 Å². The molecule has 0 aliphatic rings. The van der Waals surface area contributed by atoms with Gasteiger partial charge in [-0.3, -0.25) is 0 Å². The van der Waals surface area contributed by atoms with E-state index in [2.05, 4.69) is 21.9 Å². The van der Waals surface area contributed by atoms with Crippen LogP contribution < -0.4 is 0 Å². The maximum absolute atomic E-state index is 8.38. The molecular formula is C4H5BrO. The van der Waals surface area contributed by atoms with Crippen LogP contribution in [0.2, 0.25) is 0 Å². The third kappa shape index (κ3) is 2.25. The van der Waals surface area contributed by atoms with Crippen molar-refractivity contribution >= 4 is 15.9 Å². The molecule has 0 bridgehead atoms. The monoisotopic (exact) mass is 148 g/mol. The summed E-state index contributed by atoms with van der Waals surface area (Å²) in [5, 5.41) is 8.85. The molecule has 0 amide bonds. The molecule has 0 heterocycles. The van der Waals surface area contributed by atoms with Crippen LogP contribution in [-0.4, -0.2) is 16.5 Å². The summed E-state index contributed by atoms with van der Waals surface area (Å²) in [5.74, 6) is 2.12. The van der Waals surface area contributed by atoms with Crippen molar-refractivity contribution in [3.63, 3.8) is 0 Å². The Morgan fingerprint density at radius 3 is 2.50 bits per heavy atom. The number of aliphatic hydroxyl groups is 1. The Kier molecular flexibility index (Phi) is 3.20. The SMILES string of the molecule is C#CC(O)CBr. The molecule has 34 valence electrons. The molecule has 1 atom stereocenters. The minimum atomic E-state index is -0.620. The molecule has 0 aliphatic heterocycles. The topological polar surface area (TPSA) is 20.2 Å². The standard InChI is InChI=1S/C4H5BrO/c1-2-4(6)3-5/h1,4,6H,3H2. The number of terminal acetylenes is 1. The molecule has 0 saturated heterocycles. The third-order valence-corrected chi connectivity index (χ3v) is 0.952. The van der Waals surface area contributed by atoms with E-state index in [0.717, 1.165) is 0 Å². The van der Waals surface area contributed by atoms with Gasteiger partial charge in [0.2, 0.25) is 0 Å². The highest BCUT2D eigenvalue weighted by Gasteiger charge is 1.88. The second-order valence-electron chi connectivity index (χ2n) is 0.837. The molecule has 0 aromatic carbocycles. The Morgan fingerprint density at radius 1 is 2.00 bits per heavy atom. The van der Waals surface area contributed by atoms with Crippen LogP contribution in [-0.2, 0) is 0 Å². The van der Waals surface area contributed by atoms with Gasteiger partial charge in [0.05, 0.1) is 0 Å². The van der Waals surface area contributed by atoms with Crippen molar-refractivity contribution in [2.24, 2.45) is 0 Å². The Morgan fingerprint density at radius 2 is 2.50 bits per heavy atom. The van der Waals surface area contributed by atoms with Crippen LogP contribution in [0.1, 0.15) is 0 Å². The van der Waals surface area contributed by atoms with E-state index in [1.807, 2.05) is 0 Å². The molecule has 1 N–H and O–H groups in total. The second kappa shape index (κ2) is 3.20. The van der Waals surface area contributed by atoms with E-state index >= 15 is 0 Å². The summed E-state index contributed by atoms with van der Waals surface area (Å²) in [7, 11) is 0. The zero-order valence-electron chi connectivity index (χ0n) is 3.19. The van der Waals surface area contributed by atoms with E-state index < -0.39 is 6.10 Å². The highest BCUT2D eigenvalue weighted by atomic mass is 79.9. The largest absolute Gasteiger partial charge is 0.380 e. The van der Waals surface area contributed by atoms with Crippen molar-refractivity contribution in [2.45, 2.75) is 6.10 Å². The molecule has 0 fully saturated rings. The first-order valence-electron chi connectivity index (χ1n) is 1.51. The Balaban J connectivity index is 3.04. The first-order valence-corrected chi connectivity index (χ1v) is 2.63. The van der Waals surface area contributed by atoms with Crippen LogP contribution in [0.5, 0.6) is 0 Å². The molecule has 1 unspecified atom stereocenters. The van der Waals surface area contributed by atoms with Crippen molar-refractivity contribution < 1.29 is 5.11 Å². The molecule has 0 saturated carbocycles.